The first-order chi connectivity index (χ1) is 9.16. The Morgan fingerprint density at radius 1 is 1.26 bits per heavy atom. The van der Waals surface area contributed by atoms with E-state index in [1.807, 2.05) is 6.07 Å². The van der Waals surface area contributed by atoms with Crippen LogP contribution in [0.5, 0.6) is 0 Å². The summed E-state index contributed by atoms with van der Waals surface area (Å²) in [4.78, 5) is 19.6. The molecule has 0 saturated carbocycles. The molecule has 0 saturated heterocycles. The molecule has 2 heterocycles. The van der Waals surface area contributed by atoms with Gasteiger partial charge >= 0.3 is 0 Å². The number of nitrogens with one attached hydrogen (secondary N) is 1. The number of nitrogen functional groups attached to an aromatic ring is 1. The molecule has 0 aliphatic carbocycles. The standard InChI is InChI=1S/C14H10ClN3O/c15-12-4-3-8(16)6-10(12)13(19)11-7-18-14-9(11)2-1-5-17-14/h1-7H,16H2,(H,17,18). The van der Waals surface area contributed by atoms with E-state index in [0.717, 1.165) is 5.39 Å². The molecule has 3 rings (SSSR count). The van der Waals surface area contributed by atoms with Crippen molar-refractivity contribution in [3.05, 3.63) is 58.9 Å². The molecule has 5 heteroatoms. The van der Waals surface area contributed by atoms with Gasteiger partial charge in [-0.15, -0.1) is 0 Å². The number of carbonyl (C=O) groups excluding carboxylic acids is 1. The summed E-state index contributed by atoms with van der Waals surface area (Å²) in [7, 11) is 0. The number of hydrogen-bond donors (Lipinski definition) is 2. The molecule has 0 aliphatic heterocycles. The molecular weight excluding hydrogens is 262 g/mol. The van der Waals surface area contributed by atoms with Gasteiger partial charge in [0.1, 0.15) is 5.65 Å². The van der Waals surface area contributed by atoms with Gasteiger partial charge in [0.15, 0.2) is 5.78 Å². The molecule has 0 radical (unpaired) electrons. The third-order valence-corrected chi connectivity index (χ3v) is 3.26. The van der Waals surface area contributed by atoms with Crippen molar-refractivity contribution >= 4 is 34.1 Å². The van der Waals surface area contributed by atoms with E-state index < -0.39 is 0 Å². The molecule has 0 unspecified atom stereocenters. The molecule has 1 aromatic carbocycles. The molecular formula is C14H10ClN3O. The lowest BCUT2D eigenvalue weighted by Gasteiger charge is -2.03. The summed E-state index contributed by atoms with van der Waals surface area (Å²) in [6.07, 6.45) is 3.31. The third-order valence-electron chi connectivity index (χ3n) is 2.93. The van der Waals surface area contributed by atoms with Crippen LogP contribution in [0.15, 0.2) is 42.7 Å². The number of carbonyl (C=O) groups is 1. The van der Waals surface area contributed by atoms with Gasteiger partial charge in [-0.2, -0.15) is 0 Å². The maximum atomic E-state index is 12.5. The Morgan fingerprint density at radius 3 is 2.95 bits per heavy atom. The van der Waals surface area contributed by atoms with Crippen molar-refractivity contribution in [2.24, 2.45) is 0 Å². The zero-order chi connectivity index (χ0) is 13.4. The summed E-state index contributed by atoms with van der Waals surface area (Å²) < 4.78 is 0. The van der Waals surface area contributed by atoms with E-state index in [2.05, 4.69) is 9.97 Å². The van der Waals surface area contributed by atoms with Gasteiger partial charge in [-0.3, -0.25) is 4.79 Å². The van der Waals surface area contributed by atoms with Gasteiger partial charge in [-0.1, -0.05) is 11.6 Å². The number of hydrogen-bond acceptors (Lipinski definition) is 3. The first kappa shape index (κ1) is 11.7. The highest BCUT2D eigenvalue weighted by molar-refractivity contribution is 6.35. The van der Waals surface area contributed by atoms with Crippen LogP contribution in [0.2, 0.25) is 5.02 Å². The first-order valence-corrected chi connectivity index (χ1v) is 6.06. The van der Waals surface area contributed by atoms with Crippen LogP contribution in [0.25, 0.3) is 11.0 Å². The van der Waals surface area contributed by atoms with E-state index in [4.69, 9.17) is 17.3 Å². The molecule has 3 N–H and O–H groups in total. The predicted molar refractivity (Wildman–Crippen MR) is 75.4 cm³/mol. The summed E-state index contributed by atoms with van der Waals surface area (Å²) in [5.41, 5.74) is 7.81. The lowest BCUT2D eigenvalue weighted by atomic mass is 10.0. The minimum Gasteiger partial charge on any atom is -0.399 e. The summed E-state index contributed by atoms with van der Waals surface area (Å²) in [6.45, 7) is 0. The van der Waals surface area contributed by atoms with E-state index in [-0.39, 0.29) is 5.78 Å². The van der Waals surface area contributed by atoms with Crippen LogP contribution in [0.4, 0.5) is 5.69 Å². The van der Waals surface area contributed by atoms with Crippen LogP contribution < -0.4 is 5.73 Å². The summed E-state index contributed by atoms with van der Waals surface area (Å²) in [5, 5.41) is 1.16. The molecule has 0 bridgehead atoms. The number of rotatable bonds is 2. The number of halogens is 1. The quantitative estimate of drug-likeness (QED) is 0.556. The average Bonchev–Trinajstić information content (AvgIpc) is 2.84. The Hall–Kier alpha value is -2.33. The van der Waals surface area contributed by atoms with Crippen molar-refractivity contribution in [2.45, 2.75) is 0 Å². The summed E-state index contributed by atoms with van der Waals surface area (Å²) >= 11 is 6.06. The fourth-order valence-corrected chi connectivity index (χ4v) is 2.21. The second-order valence-electron chi connectivity index (χ2n) is 4.17. The number of anilines is 1. The highest BCUT2D eigenvalue weighted by Crippen LogP contribution is 2.25. The van der Waals surface area contributed by atoms with Crippen LogP contribution in [-0.4, -0.2) is 15.8 Å². The van der Waals surface area contributed by atoms with Crippen molar-refractivity contribution in [1.82, 2.24) is 9.97 Å². The van der Waals surface area contributed by atoms with Crippen molar-refractivity contribution in [1.29, 1.82) is 0 Å². The van der Waals surface area contributed by atoms with E-state index in [1.165, 1.54) is 0 Å². The monoisotopic (exact) mass is 271 g/mol. The van der Waals surface area contributed by atoms with Crippen molar-refractivity contribution in [3.63, 3.8) is 0 Å². The maximum absolute atomic E-state index is 12.5. The second-order valence-corrected chi connectivity index (χ2v) is 4.58. The first-order valence-electron chi connectivity index (χ1n) is 5.68. The van der Waals surface area contributed by atoms with Gasteiger partial charge in [-0.25, -0.2) is 4.98 Å². The molecule has 0 spiro atoms. The third kappa shape index (κ3) is 1.96. The number of pyridine rings is 1. The maximum Gasteiger partial charge on any atom is 0.196 e. The number of ketones is 1. The van der Waals surface area contributed by atoms with E-state index in [9.17, 15) is 4.79 Å². The zero-order valence-corrected chi connectivity index (χ0v) is 10.6. The number of fused-ring (bicyclic) bond motifs is 1. The number of aromatic amines is 1. The fraction of sp³-hybridized carbons (Fsp3) is 0. The van der Waals surface area contributed by atoms with Gasteiger partial charge in [0.05, 0.1) is 5.02 Å². The number of H-pyrrole nitrogens is 1. The Labute approximate surface area is 114 Å². The number of aromatic nitrogens is 2. The van der Waals surface area contributed by atoms with Crippen molar-refractivity contribution < 1.29 is 4.79 Å². The molecule has 0 atom stereocenters. The number of benzene rings is 1. The molecule has 0 aliphatic rings. The number of nitrogens with two attached hydrogens (primary N) is 1. The molecule has 2 aromatic heterocycles. The minimum absolute atomic E-state index is 0.170. The van der Waals surface area contributed by atoms with E-state index in [1.54, 1.807) is 36.7 Å². The van der Waals surface area contributed by atoms with Crippen molar-refractivity contribution in [2.75, 3.05) is 5.73 Å². The smallest absolute Gasteiger partial charge is 0.196 e. The molecule has 0 fully saturated rings. The summed E-state index contributed by atoms with van der Waals surface area (Å²) in [6, 6.07) is 8.49. The van der Waals surface area contributed by atoms with Crippen LogP contribution in [-0.2, 0) is 0 Å². The molecule has 19 heavy (non-hydrogen) atoms. The normalized spacial score (nSPS) is 10.8. The van der Waals surface area contributed by atoms with E-state index in [0.29, 0.717) is 27.5 Å². The van der Waals surface area contributed by atoms with Crippen LogP contribution in [0, 0.1) is 0 Å². The van der Waals surface area contributed by atoms with Crippen LogP contribution in [0.1, 0.15) is 15.9 Å². The van der Waals surface area contributed by atoms with Crippen molar-refractivity contribution in [3.8, 4) is 0 Å². The lowest BCUT2D eigenvalue weighted by molar-refractivity contribution is 0.104. The van der Waals surface area contributed by atoms with Crippen LogP contribution >= 0.6 is 11.6 Å². The van der Waals surface area contributed by atoms with Gasteiger partial charge in [-0.05, 0) is 30.3 Å². The molecule has 3 aromatic rings. The molecule has 0 amide bonds. The highest BCUT2D eigenvalue weighted by Gasteiger charge is 2.17. The van der Waals surface area contributed by atoms with Gasteiger partial charge in [0.25, 0.3) is 0 Å². The Balaban J connectivity index is 2.16. The van der Waals surface area contributed by atoms with Crippen LogP contribution in [0.3, 0.4) is 0 Å². The Bertz CT molecular complexity index is 779. The average molecular weight is 272 g/mol. The largest absolute Gasteiger partial charge is 0.399 e. The SMILES string of the molecule is Nc1ccc(Cl)c(C(=O)c2c[nH]c3ncccc23)c1. The Morgan fingerprint density at radius 2 is 2.11 bits per heavy atom. The predicted octanol–water partition coefficient (Wildman–Crippen LogP) is 3.03. The van der Waals surface area contributed by atoms with E-state index >= 15 is 0 Å². The molecule has 4 nitrogen and oxygen atoms in total. The van der Waals surface area contributed by atoms with Gasteiger partial charge < -0.3 is 10.7 Å². The summed E-state index contributed by atoms with van der Waals surface area (Å²) in [5.74, 6) is -0.170. The highest BCUT2D eigenvalue weighted by atomic mass is 35.5. The molecule has 94 valence electrons. The Kier molecular flexibility index (Phi) is 2.72. The fourth-order valence-electron chi connectivity index (χ4n) is 2.01. The number of nitrogens with zero attached hydrogens (tertiary/aromatic N) is 1. The zero-order valence-electron chi connectivity index (χ0n) is 9.85. The topological polar surface area (TPSA) is 71.8 Å². The lowest BCUT2D eigenvalue weighted by Crippen LogP contribution is -2.02. The van der Waals surface area contributed by atoms with Gasteiger partial charge in [0, 0.05) is 34.6 Å². The minimum atomic E-state index is -0.170. The van der Waals surface area contributed by atoms with Gasteiger partial charge in [0.2, 0.25) is 0 Å². The second kappa shape index (κ2) is 4.40.